The Bertz CT molecular complexity index is 425. The molecule has 0 saturated heterocycles. The quantitative estimate of drug-likeness (QED) is 0.0566. The molecule has 0 spiro atoms. The van der Waals surface area contributed by atoms with Gasteiger partial charge in [-0.25, -0.2) is 4.79 Å². The largest absolute Gasteiger partial charge is 0.500 e. The van der Waals surface area contributed by atoms with Gasteiger partial charge in [0.1, 0.15) is 0 Å². The normalized spacial score (nSPS) is 12.0. The van der Waals surface area contributed by atoms with Crippen LogP contribution in [0.2, 0.25) is 6.04 Å². The number of carbonyl (C=O) groups is 1. The van der Waals surface area contributed by atoms with E-state index in [0.29, 0.717) is 6.61 Å². The summed E-state index contributed by atoms with van der Waals surface area (Å²) < 4.78 is 24.5. The summed E-state index contributed by atoms with van der Waals surface area (Å²) in [6.07, 6.45) is 20.3. The molecule has 0 rings (SSSR count). The second kappa shape index (κ2) is 24.4. The fourth-order valence-corrected chi connectivity index (χ4v) is 6.32. The maximum atomic E-state index is 11.3. The highest BCUT2D eigenvalue weighted by molar-refractivity contribution is 6.60. The first-order valence-electron chi connectivity index (χ1n) is 13.8. The van der Waals surface area contributed by atoms with Gasteiger partial charge in [-0.15, -0.1) is 0 Å². The van der Waals surface area contributed by atoms with Gasteiger partial charge in [0.05, 0.1) is 6.61 Å². The number of rotatable bonds is 25. The molecule has 6 heteroatoms. The SMILES string of the molecule is CC=CC(=O)OCCCCCCCC[Si](OCCCCC)(OCCCCC)OCCCCC. The van der Waals surface area contributed by atoms with Crippen molar-refractivity contribution in [1.82, 2.24) is 0 Å². The lowest BCUT2D eigenvalue weighted by atomic mass is 10.1. The van der Waals surface area contributed by atoms with Crippen LogP contribution in [0.4, 0.5) is 0 Å². The maximum absolute atomic E-state index is 11.3. The minimum Gasteiger partial charge on any atom is -0.463 e. The summed E-state index contributed by atoms with van der Waals surface area (Å²) in [6, 6.07) is 0.929. The second-order valence-corrected chi connectivity index (χ2v) is 11.6. The topological polar surface area (TPSA) is 54.0 Å². The Morgan fingerprint density at radius 3 is 1.48 bits per heavy atom. The number of allylic oxidation sites excluding steroid dienone is 1. The van der Waals surface area contributed by atoms with E-state index in [1.165, 1.54) is 63.9 Å². The first-order valence-corrected chi connectivity index (χ1v) is 15.8. The van der Waals surface area contributed by atoms with Crippen molar-refractivity contribution in [3.05, 3.63) is 12.2 Å². The van der Waals surface area contributed by atoms with Crippen LogP contribution in [0, 0.1) is 0 Å². The fourth-order valence-electron chi connectivity index (χ4n) is 3.59. The van der Waals surface area contributed by atoms with Crippen LogP contribution in [0.1, 0.15) is 124 Å². The average Bonchev–Trinajstić information content (AvgIpc) is 2.81. The molecular weight excluding hydrogens is 432 g/mol. The van der Waals surface area contributed by atoms with Crippen molar-refractivity contribution in [2.75, 3.05) is 26.4 Å². The molecule has 0 saturated carbocycles. The summed E-state index contributed by atoms with van der Waals surface area (Å²) in [5, 5.41) is 0. The minimum absolute atomic E-state index is 0.240. The Morgan fingerprint density at radius 2 is 1.03 bits per heavy atom. The second-order valence-electron chi connectivity index (χ2n) is 8.89. The van der Waals surface area contributed by atoms with Crippen LogP contribution in [-0.2, 0) is 22.8 Å². The molecule has 0 radical (unpaired) electrons. The minimum atomic E-state index is -2.61. The zero-order chi connectivity index (χ0) is 24.5. The van der Waals surface area contributed by atoms with Crippen LogP contribution in [0.5, 0.6) is 0 Å². The summed E-state index contributed by atoms with van der Waals surface area (Å²) in [7, 11) is -2.61. The average molecular weight is 487 g/mol. The van der Waals surface area contributed by atoms with Crippen LogP contribution in [0.15, 0.2) is 12.2 Å². The molecule has 5 nitrogen and oxygen atoms in total. The van der Waals surface area contributed by atoms with Gasteiger partial charge in [0, 0.05) is 31.9 Å². The molecule has 0 unspecified atom stereocenters. The maximum Gasteiger partial charge on any atom is 0.500 e. The van der Waals surface area contributed by atoms with Crippen molar-refractivity contribution in [3.63, 3.8) is 0 Å². The van der Waals surface area contributed by atoms with E-state index >= 15 is 0 Å². The van der Waals surface area contributed by atoms with Crippen LogP contribution in [0.3, 0.4) is 0 Å². The molecule has 0 aliphatic carbocycles. The third kappa shape index (κ3) is 20.4. The lowest BCUT2D eigenvalue weighted by Crippen LogP contribution is -2.46. The number of esters is 1. The zero-order valence-corrected chi connectivity index (χ0v) is 23.3. The van der Waals surface area contributed by atoms with Crippen molar-refractivity contribution in [2.45, 2.75) is 130 Å². The first-order chi connectivity index (χ1) is 16.1. The fraction of sp³-hybridized carbons (Fsp3) is 0.889. The Kier molecular flexibility index (Phi) is 23.9. The van der Waals surface area contributed by atoms with E-state index in [9.17, 15) is 4.79 Å². The molecule has 0 aromatic carbocycles. The lowest BCUT2D eigenvalue weighted by molar-refractivity contribution is -0.137. The molecule has 0 N–H and O–H groups in total. The smallest absolute Gasteiger partial charge is 0.463 e. The van der Waals surface area contributed by atoms with E-state index in [2.05, 4.69) is 20.8 Å². The molecule has 0 aliphatic heterocycles. The van der Waals surface area contributed by atoms with Gasteiger partial charge in [0.2, 0.25) is 0 Å². The van der Waals surface area contributed by atoms with E-state index in [1.54, 1.807) is 6.08 Å². The molecule has 33 heavy (non-hydrogen) atoms. The van der Waals surface area contributed by atoms with Crippen molar-refractivity contribution < 1.29 is 22.8 Å². The van der Waals surface area contributed by atoms with E-state index in [4.69, 9.17) is 18.0 Å². The van der Waals surface area contributed by atoms with Crippen LogP contribution < -0.4 is 0 Å². The van der Waals surface area contributed by atoms with Gasteiger partial charge >= 0.3 is 14.8 Å². The molecule has 0 atom stereocenters. The highest BCUT2D eigenvalue weighted by Crippen LogP contribution is 2.23. The molecule has 0 amide bonds. The van der Waals surface area contributed by atoms with E-state index in [-0.39, 0.29) is 5.97 Å². The van der Waals surface area contributed by atoms with Crippen molar-refractivity contribution in [1.29, 1.82) is 0 Å². The predicted molar refractivity (Wildman–Crippen MR) is 140 cm³/mol. The van der Waals surface area contributed by atoms with Gasteiger partial charge < -0.3 is 18.0 Å². The molecule has 196 valence electrons. The van der Waals surface area contributed by atoms with Crippen LogP contribution in [-0.4, -0.2) is 41.2 Å². The monoisotopic (exact) mass is 486 g/mol. The third-order valence-electron chi connectivity index (χ3n) is 5.63. The summed E-state index contributed by atoms with van der Waals surface area (Å²) in [4.78, 5) is 11.3. The zero-order valence-electron chi connectivity index (χ0n) is 22.3. The Hall–Kier alpha value is -0.693. The number of hydrogen-bond acceptors (Lipinski definition) is 5. The van der Waals surface area contributed by atoms with Crippen molar-refractivity contribution >= 4 is 14.8 Å². The summed E-state index contributed by atoms with van der Waals surface area (Å²) in [5.74, 6) is -0.240. The molecule has 0 bridgehead atoms. The van der Waals surface area contributed by atoms with Gasteiger partial charge in [0.25, 0.3) is 0 Å². The van der Waals surface area contributed by atoms with Crippen molar-refractivity contribution in [3.8, 4) is 0 Å². The van der Waals surface area contributed by atoms with Gasteiger partial charge in [0.15, 0.2) is 0 Å². The standard InChI is InChI=1S/C27H54O5Si/c1-5-9-16-23-30-33(31-24-17-10-6-2,32-25-18-11-7-3)26-20-15-13-12-14-19-22-29-27(28)21-8-4/h8,21H,5-7,9-20,22-26H2,1-4H3. The van der Waals surface area contributed by atoms with Crippen LogP contribution in [0.25, 0.3) is 0 Å². The van der Waals surface area contributed by atoms with Crippen molar-refractivity contribution in [2.24, 2.45) is 0 Å². The van der Waals surface area contributed by atoms with Gasteiger partial charge in [-0.1, -0.05) is 91.1 Å². The van der Waals surface area contributed by atoms with E-state index in [0.717, 1.165) is 64.4 Å². The number of hydrogen-bond donors (Lipinski definition) is 0. The van der Waals surface area contributed by atoms with Crippen LogP contribution >= 0.6 is 0 Å². The summed E-state index contributed by atoms with van der Waals surface area (Å²) in [5.41, 5.74) is 0. The van der Waals surface area contributed by atoms with Gasteiger partial charge in [-0.2, -0.15) is 0 Å². The van der Waals surface area contributed by atoms with E-state index < -0.39 is 8.80 Å². The van der Waals surface area contributed by atoms with E-state index in [1.807, 2.05) is 6.92 Å². The number of unbranched alkanes of at least 4 members (excludes halogenated alkanes) is 11. The molecule has 0 heterocycles. The van der Waals surface area contributed by atoms with Gasteiger partial charge in [-0.3, -0.25) is 0 Å². The number of ether oxygens (including phenoxy) is 1. The molecule has 0 aromatic heterocycles. The third-order valence-corrected chi connectivity index (χ3v) is 8.53. The molecule has 0 fully saturated rings. The van der Waals surface area contributed by atoms with Gasteiger partial charge in [-0.05, 0) is 39.0 Å². The first kappa shape index (κ1) is 32.3. The lowest BCUT2D eigenvalue weighted by Gasteiger charge is -2.30. The highest BCUT2D eigenvalue weighted by atomic mass is 28.4. The molecule has 0 aliphatic rings. The highest BCUT2D eigenvalue weighted by Gasteiger charge is 2.40. The molecule has 0 aromatic rings. The summed E-state index contributed by atoms with van der Waals surface area (Å²) in [6.45, 7) is 11.3. The Balaban J connectivity index is 4.45. The Labute approximate surface area is 206 Å². The number of carbonyl (C=O) groups excluding carboxylic acids is 1. The Morgan fingerprint density at radius 1 is 0.606 bits per heavy atom. The summed E-state index contributed by atoms with van der Waals surface area (Å²) >= 11 is 0. The predicted octanol–water partition coefficient (Wildman–Crippen LogP) is 8.01. The molecular formula is C27H54O5Si.